The summed E-state index contributed by atoms with van der Waals surface area (Å²) in [5, 5.41) is 31.3. The minimum absolute atomic E-state index is 0.0251. The molecule has 1 fully saturated rings. The Hall–Kier alpha value is -4.56. The van der Waals surface area contributed by atoms with Gasteiger partial charge in [0.25, 0.3) is 11.2 Å². The van der Waals surface area contributed by atoms with Crippen LogP contribution >= 0.6 is 11.3 Å². The normalized spacial score (nSPS) is 16.5. The van der Waals surface area contributed by atoms with Crippen LogP contribution in [-0.2, 0) is 13.0 Å². The molecule has 0 spiro atoms. The third-order valence-electron chi connectivity index (χ3n) is 8.03. The largest absolute Gasteiger partial charge is 0.366 e. The Morgan fingerprint density at radius 3 is 2.55 bits per heavy atom. The number of piperidine rings is 1. The number of nitro groups is 1. The number of aromatic nitrogens is 4. The van der Waals surface area contributed by atoms with Crippen molar-refractivity contribution < 1.29 is 4.92 Å². The van der Waals surface area contributed by atoms with Gasteiger partial charge in [0.2, 0.25) is 0 Å². The summed E-state index contributed by atoms with van der Waals surface area (Å²) in [4.78, 5) is 27.8. The number of aryl methyl sites for hydroxylation is 2. The minimum Gasteiger partial charge on any atom is -0.366 e. The molecule has 11 heteroatoms. The molecule has 0 unspecified atom stereocenters. The highest BCUT2D eigenvalue weighted by Gasteiger charge is 2.23. The summed E-state index contributed by atoms with van der Waals surface area (Å²) in [6.45, 7) is 4.22. The zero-order chi connectivity index (χ0) is 29.2. The highest BCUT2D eigenvalue weighted by Crippen LogP contribution is 2.31. The predicted molar refractivity (Wildman–Crippen MR) is 162 cm³/mol. The molecule has 0 N–H and O–H groups in total. The summed E-state index contributed by atoms with van der Waals surface area (Å²) in [6.07, 6.45) is 8.70. The van der Waals surface area contributed by atoms with Crippen molar-refractivity contribution in [3.05, 3.63) is 94.9 Å². The van der Waals surface area contributed by atoms with Gasteiger partial charge in [-0.2, -0.15) is 5.26 Å². The number of hydrogen-bond donors (Lipinski definition) is 0. The number of rotatable bonds is 5. The molecule has 0 aliphatic carbocycles. The van der Waals surface area contributed by atoms with Crippen molar-refractivity contribution in [2.45, 2.75) is 58.4 Å². The lowest BCUT2D eigenvalue weighted by atomic mass is 10.1. The average molecular weight is 582 g/mol. The van der Waals surface area contributed by atoms with Crippen LogP contribution in [0, 0.1) is 28.4 Å². The maximum atomic E-state index is 14.0. The summed E-state index contributed by atoms with van der Waals surface area (Å²) < 4.78 is 4.40. The third-order valence-corrected chi connectivity index (χ3v) is 9.12. The summed E-state index contributed by atoms with van der Waals surface area (Å²) in [5.74, 6) is 1.32. The first-order valence-corrected chi connectivity index (χ1v) is 15.2. The standard InChI is InChI=1S/C31H31N7O3S/c1-21-10-5-6-11-24(21)37-30(39)27(19-22-13-14-25(26(18-22)38(40)41)35-15-7-3-8-16-35)42-31(37)23(20-32)29-34-33-28-12-4-2-9-17-36(28)29/h5-6,10-11,13-14,18-19H,2-4,7-9,12,15-17H2,1H3/b27-19-,31-23+. The fraction of sp³-hybridized carbons (Fsp3) is 0.355. The lowest BCUT2D eigenvalue weighted by Crippen LogP contribution is -2.31. The Labute approximate surface area is 246 Å². The van der Waals surface area contributed by atoms with Gasteiger partial charge >= 0.3 is 0 Å². The number of thiazole rings is 1. The summed E-state index contributed by atoms with van der Waals surface area (Å²) >= 11 is 1.19. The van der Waals surface area contributed by atoms with E-state index in [-0.39, 0.29) is 21.7 Å². The van der Waals surface area contributed by atoms with Crippen LogP contribution in [0.4, 0.5) is 11.4 Å². The van der Waals surface area contributed by atoms with E-state index in [4.69, 9.17) is 0 Å². The highest BCUT2D eigenvalue weighted by molar-refractivity contribution is 7.07. The first-order valence-electron chi connectivity index (χ1n) is 14.4. The van der Waals surface area contributed by atoms with Gasteiger partial charge in [-0.3, -0.25) is 19.5 Å². The average Bonchev–Trinajstić information content (AvgIpc) is 3.44. The Morgan fingerprint density at radius 1 is 1.02 bits per heavy atom. The number of fused-ring (bicyclic) bond motifs is 1. The van der Waals surface area contributed by atoms with Crippen molar-refractivity contribution in [3.63, 3.8) is 0 Å². The fourth-order valence-corrected chi connectivity index (χ4v) is 6.97. The topological polar surface area (TPSA) is 123 Å². The van der Waals surface area contributed by atoms with E-state index in [2.05, 4.69) is 21.2 Å². The molecule has 4 aromatic rings. The number of nitriles is 1. The number of benzene rings is 2. The van der Waals surface area contributed by atoms with Crippen molar-refractivity contribution in [1.82, 2.24) is 19.3 Å². The second-order valence-electron chi connectivity index (χ2n) is 10.8. The molecule has 4 heterocycles. The molecule has 0 saturated carbocycles. The van der Waals surface area contributed by atoms with Gasteiger partial charge in [-0.1, -0.05) is 30.7 Å². The monoisotopic (exact) mass is 581 g/mol. The zero-order valence-corrected chi connectivity index (χ0v) is 24.3. The Balaban J connectivity index is 1.58. The quantitative estimate of drug-likeness (QED) is 0.258. The van der Waals surface area contributed by atoms with E-state index in [1.165, 1.54) is 17.4 Å². The first-order chi connectivity index (χ1) is 20.5. The molecule has 0 atom stereocenters. The van der Waals surface area contributed by atoms with E-state index in [9.17, 15) is 20.2 Å². The van der Waals surface area contributed by atoms with Crippen LogP contribution in [0.1, 0.15) is 61.3 Å². The van der Waals surface area contributed by atoms with Crippen molar-refractivity contribution in [3.8, 4) is 11.8 Å². The maximum absolute atomic E-state index is 14.0. The second kappa shape index (κ2) is 11.7. The van der Waals surface area contributed by atoms with Gasteiger partial charge in [0, 0.05) is 32.1 Å². The lowest BCUT2D eigenvalue weighted by Gasteiger charge is -2.28. The smallest absolute Gasteiger partial charge is 0.293 e. The van der Waals surface area contributed by atoms with Crippen LogP contribution in [-0.4, -0.2) is 37.3 Å². The maximum Gasteiger partial charge on any atom is 0.293 e. The van der Waals surface area contributed by atoms with Gasteiger partial charge in [-0.15, -0.1) is 21.5 Å². The van der Waals surface area contributed by atoms with Gasteiger partial charge < -0.3 is 9.47 Å². The SMILES string of the molecule is Cc1ccccc1-n1c(=O)/c(=C/c2ccc(N3CCCCC3)c([N+](=O)[O-])c2)s/c1=C(\C#N)c1nnc2n1CCCCC2. The van der Waals surface area contributed by atoms with Gasteiger partial charge in [0.15, 0.2) is 5.82 Å². The molecular formula is C31H31N7O3S. The molecule has 0 bridgehead atoms. The van der Waals surface area contributed by atoms with Crippen molar-refractivity contribution in [2.75, 3.05) is 18.0 Å². The summed E-state index contributed by atoms with van der Waals surface area (Å²) in [6, 6.07) is 15.0. The van der Waals surface area contributed by atoms with Gasteiger partial charge in [-0.25, -0.2) is 0 Å². The molecule has 2 aliphatic rings. The lowest BCUT2D eigenvalue weighted by molar-refractivity contribution is -0.384. The van der Waals surface area contributed by atoms with E-state index in [0.717, 1.165) is 76.0 Å². The van der Waals surface area contributed by atoms with Crippen LogP contribution in [0.2, 0.25) is 0 Å². The van der Waals surface area contributed by atoms with E-state index in [1.54, 1.807) is 16.7 Å². The van der Waals surface area contributed by atoms with Crippen LogP contribution < -0.4 is 19.7 Å². The third kappa shape index (κ3) is 5.14. The second-order valence-corrected chi connectivity index (χ2v) is 11.8. The molecule has 10 nitrogen and oxygen atoms in total. The van der Waals surface area contributed by atoms with Gasteiger partial charge in [0.1, 0.15) is 27.8 Å². The first kappa shape index (κ1) is 27.6. The molecule has 0 radical (unpaired) electrons. The van der Waals surface area contributed by atoms with E-state index in [1.807, 2.05) is 41.8 Å². The molecule has 2 aromatic heterocycles. The van der Waals surface area contributed by atoms with E-state index < -0.39 is 0 Å². The molecule has 214 valence electrons. The van der Waals surface area contributed by atoms with E-state index in [0.29, 0.717) is 32.0 Å². The van der Waals surface area contributed by atoms with Crippen molar-refractivity contribution >= 4 is 34.4 Å². The number of nitrogens with zero attached hydrogens (tertiary/aromatic N) is 7. The van der Waals surface area contributed by atoms with Gasteiger partial charge in [-0.05, 0) is 68.4 Å². The Bertz CT molecular complexity index is 1890. The van der Waals surface area contributed by atoms with Crippen LogP contribution in [0.25, 0.3) is 17.3 Å². The number of anilines is 1. The van der Waals surface area contributed by atoms with Gasteiger partial charge in [0.05, 0.1) is 15.1 Å². The van der Waals surface area contributed by atoms with Crippen molar-refractivity contribution in [2.24, 2.45) is 0 Å². The Morgan fingerprint density at radius 2 is 1.79 bits per heavy atom. The molecular weight excluding hydrogens is 550 g/mol. The van der Waals surface area contributed by atoms with Crippen LogP contribution in [0.5, 0.6) is 0 Å². The minimum atomic E-state index is -0.356. The summed E-state index contributed by atoms with van der Waals surface area (Å²) in [7, 11) is 0. The number of hydrogen-bond acceptors (Lipinski definition) is 8. The molecule has 6 rings (SSSR count). The number of para-hydroxylation sites is 1. The highest BCUT2D eigenvalue weighted by atomic mass is 32.1. The predicted octanol–water partition coefficient (Wildman–Crippen LogP) is 3.98. The molecule has 2 aromatic carbocycles. The molecule has 42 heavy (non-hydrogen) atoms. The number of nitro benzene ring substituents is 1. The molecule has 2 aliphatic heterocycles. The van der Waals surface area contributed by atoms with Crippen molar-refractivity contribution in [1.29, 1.82) is 5.26 Å². The Kier molecular flexibility index (Phi) is 7.71. The van der Waals surface area contributed by atoms with Crippen LogP contribution in [0.15, 0.2) is 47.3 Å². The molecule has 0 amide bonds. The summed E-state index contributed by atoms with van der Waals surface area (Å²) in [5.41, 5.74) is 2.72. The fourth-order valence-electron chi connectivity index (χ4n) is 5.88. The van der Waals surface area contributed by atoms with E-state index >= 15 is 0 Å². The molecule has 1 saturated heterocycles. The van der Waals surface area contributed by atoms with Crippen LogP contribution in [0.3, 0.4) is 0 Å². The zero-order valence-electron chi connectivity index (χ0n) is 23.5.